The zero-order chi connectivity index (χ0) is 29.1. The molecular weight excluding hydrogens is 512 g/mol. The zero-order valence-corrected chi connectivity index (χ0v) is 24.6. The van der Waals surface area contributed by atoms with E-state index in [2.05, 4.69) is 26.3 Å². The largest absolute Gasteiger partial charge is 4.00 e. The Hall–Kier alpha value is -2.45. The van der Waals surface area contributed by atoms with Gasteiger partial charge >= 0.3 is 21.7 Å². The van der Waals surface area contributed by atoms with Crippen LogP contribution in [0.3, 0.4) is 0 Å². The Labute approximate surface area is 238 Å². The molecule has 0 bridgehead atoms. The fourth-order valence-electron chi connectivity index (χ4n) is 1.97. The molecule has 0 aromatic carbocycles. The quantitative estimate of drug-likeness (QED) is 0.206. The Balaban J connectivity index is -0.000000122. The Morgan fingerprint density at radius 3 is 0.649 bits per heavy atom. The number of carboxylic acids is 4. The van der Waals surface area contributed by atoms with Gasteiger partial charge in [0.1, 0.15) is 0 Å². The van der Waals surface area contributed by atoms with E-state index in [1.165, 1.54) is 0 Å². The number of unbranched alkanes of at least 4 members (excludes halogenated alkanes) is 4. The average Bonchev–Trinajstić information content (AvgIpc) is 2.83. The van der Waals surface area contributed by atoms with Gasteiger partial charge in [0.05, 0.1) is 23.9 Å². The van der Waals surface area contributed by atoms with Gasteiger partial charge in [-0.25, -0.2) is 0 Å². The minimum Gasteiger partial charge on any atom is -0.545 e. The van der Waals surface area contributed by atoms with Crippen molar-refractivity contribution >= 4 is 23.9 Å². The van der Waals surface area contributed by atoms with Crippen LogP contribution in [0.1, 0.15) is 105 Å². The van der Waals surface area contributed by atoms with Crippen LogP contribution in [-0.4, -0.2) is 23.9 Å². The van der Waals surface area contributed by atoms with Gasteiger partial charge in [-0.05, 0) is 73.7 Å². The molecule has 0 spiro atoms. The summed E-state index contributed by atoms with van der Waals surface area (Å²) in [4.78, 5) is 40.0. The third-order valence-electron chi connectivity index (χ3n) is 4.48. The van der Waals surface area contributed by atoms with Crippen LogP contribution in [0.4, 0.5) is 0 Å². The molecule has 208 valence electrons. The summed E-state index contributed by atoms with van der Waals surface area (Å²) in [5, 5.41) is 40.0. The van der Waals surface area contributed by atoms with E-state index in [0.29, 0.717) is 25.7 Å². The molecule has 0 aliphatic heterocycles. The molecule has 0 heterocycles. The van der Waals surface area contributed by atoms with E-state index in [-0.39, 0.29) is 44.0 Å². The normalized spacial score (nSPS) is 8.76. The van der Waals surface area contributed by atoms with Gasteiger partial charge in [0.25, 0.3) is 0 Å². The summed E-state index contributed by atoms with van der Waals surface area (Å²) in [5.41, 5.74) is 0.822. The standard InChI is InChI=1S/4C7H12O2.Ti/c4*1-3-4-5-6(2)7(8)9;/h4*2-5H2,1H3,(H,8,9);/q;;;;+4/p-4. The van der Waals surface area contributed by atoms with Crippen molar-refractivity contribution < 1.29 is 61.3 Å². The molecule has 8 nitrogen and oxygen atoms in total. The smallest absolute Gasteiger partial charge is 0.545 e. The van der Waals surface area contributed by atoms with E-state index >= 15 is 0 Å². The molecule has 0 amide bonds. The molecule has 37 heavy (non-hydrogen) atoms. The molecule has 0 N–H and O–H groups in total. The topological polar surface area (TPSA) is 161 Å². The van der Waals surface area contributed by atoms with Crippen LogP contribution in [0.15, 0.2) is 48.6 Å². The molecule has 0 unspecified atom stereocenters. The molecule has 0 radical (unpaired) electrons. The first-order valence-electron chi connectivity index (χ1n) is 12.3. The number of hydrogen-bond acceptors (Lipinski definition) is 8. The summed E-state index contributed by atoms with van der Waals surface area (Å²) in [6, 6.07) is 0. The first-order chi connectivity index (χ1) is 16.7. The number of carbonyl (C=O) groups is 4. The van der Waals surface area contributed by atoms with E-state index < -0.39 is 23.9 Å². The van der Waals surface area contributed by atoms with Crippen molar-refractivity contribution in [3.05, 3.63) is 48.6 Å². The SMILES string of the molecule is C=C(CCCC)C(=O)[O-].C=C(CCCC)C(=O)[O-].C=C(CCCC)C(=O)[O-].C=C(CCCC)C(=O)[O-].[Ti+4]. The van der Waals surface area contributed by atoms with E-state index in [0.717, 1.165) is 51.4 Å². The minimum atomic E-state index is -1.12. The summed E-state index contributed by atoms with van der Waals surface area (Å²) < 4.78 is 0. The summed E-state index contributed by atoms with van der Waals surface area (Å²) >= 11 is 0. The third kappa shape index (κ3) is 38.2. The number of rotatable bonds is 16. The van der Waals surface area contributed by atoms with E-state index in [1.807, 2.05) is 27.7 Å². The molecule has 0 aliphatic rings. The first-order valence-corrected chi connectivity index (χ1v) is 12.3. The molecule has 0 saturated heterocycles. The fraction of sp³-hybridized carbons (Fsp3) is 0.571. The van der Waals surface area contributed by atoms with Gasteiger partial charge in [-0.2, -0.15) is 0 Å². The first kappa shape index (κ1) is 44.5. The van der Waals surface area contributed by atoms with Crippen molar-refractivity contribution in [3.8, 4) is 0 Å². The Morgan fingerprint density at radius 2 is 0.568 bits per heavy atom. The number of aliphatic carboxylic acids is 4. The van der Waals surface area contributed by atoms with Gasteiger partial charge in [-0.15, -0.1) is 0 Å². The van der Waals surface area contributed by atoms with Gasteiger partial charge in [0, 0.05) is 0 Å². The van der Waals surface area contributed by atoms with Crippen molar-refractivity contribution in [3.63, 3.8) is 0 Å². The van der Waals surface area contributed by atoms with Gasteiger partial charge < -0.3 is 39.6 Å². The van der Waals surface area contributed by atoms with E-state index in [1.54, 1.807) is 0 Å². The number of hydrogen-bond donors (Lipinski definition) is 0. The van der Waals surface area contributed by atoms with Crippen molar-refractivity contribution in [2.45, 2.75) is 105 Å². The summed E-state index contributed by atoms with van der Waals surface area (Å²) in [7, 11) is 0. The van der Waals surface area contributed by atoms with Crippen molar-refractivity contribution in [2.24, 2.45) is 0 Å². The van der Waals surface area contributed by atoms with Crippen LogP contribution in [-0.2, 0) is 40.9 Å². The maximum Gasteiger partial charge on any atom is 4.00 e. The van der Waals surface area contributed by atoms with Crippen LogP contribution >= 0.6 is 0 Å². The van der Waals surface area contributed by atoms with Crippen LogP contribution in [0.5, 0.6) is 0 Å². The van der Waals surface area contributed by atoms with Gasteiger partial charge in [0.15, 0.2) is 0 Å². The van der Waals surface area contributed by atoms with E-state index in [9.17, 15) is 39.6 Å². The second-order valence-corrected chi connectivity index (χ2v) is 7.98. The molecule has 9 heteroatoms. The monoisotopic (exact) mass is 556 g/mol. The summed E-state index contributed by atoms with van der Waals surface area (Å²) in [6.45, 7) is 21.3. The summed E-state index contributed by atoms with van der Waals surface area (Å²) in [5.74, 6) is -4.49. The molecule has 0 aromatic rings. The van der Waals surface area contributed by atoms with Gasteiger partial charge in [-0.3, -0.25) is 0 Å². The second-order valence-electron chi connectivity index (χ2n) is 7.98. The third-order valence-corrected chi connectivity index (χ3v) is 4.48. The van der Waals surface area contributed by atoms with E-state index in [4.69, 9.17) is 0 Å². The molecule has 0 fully saturated rings. The van der Waals surface area contributed by atoms with Crippen molar-refractivity contribution in [2.75, 3.05) is 0 Å². The van der Waals surface area contributed by atoms with Gasteiger partial charge in [-0.1, -0.05) is 79.7 Å². The Kier molecular flexibility index (Phi) is 38.0. The predicted octanol–water partition coefficient (Wildman–Crippen LogP) is 1.93. The molecule has 0 rings (SSSR count). The average molecular weight is 557 g/mol. The zero-order valence-electron chi connectivity index (χ0n) is 23.1. The van der Waals surface area contributed by atoms with Crippen molar-refractivity contribution in [1.82, 2.24) is 0 Å². The van der Waals surface area contributed by atoms with Crippen LogP contribution in [0.2, 0.25) is 0 Å². The molecule has 0 aromatic heterocycles. The number of carboxylic acid groups (broad SMARTS) is 4. The number of carbonyl (C=O) groups excluding carboxylic acids is 4. The maximum absolute atomic E-state index is 9.99. The molecular formula is C28H44O8Ti. The maximum atomic E-state index is 9.99. The summed E-state index contributed by atoms with van der Waals surface area (Å²) in [6.07, 6.45) is 9.71. The molecule has 0 aliphatic carbocycles. The predicted molar refractivity (Wildman–Crippen MR) is 135 cm³/mol. The van der Waals surface area contributed by atoms with Crippen LogP contribution < -0.4 is 20.4 Å². The van der Waals surface area contributed by atoms with Crippen LogP contribution in [0, 0.1) is 0 Å². The Bertz CT molecular complexity index is 591. The fourth-order valence-corrected chi connectivity index (χ4v) is 1.97. The van der Waals surface area contributed by atoms with Crippen molar-refractivity contribution in [1.29, 1.82) is 0 Å². The van der Waals surface area contributed by atoms with Crippen LogP contribution in [0.25, 0.3) is 0 Å². The Morgan fingerprint density at radius 1 is 0.432 bits per heavy atom. The molecule has 0 atom stereocenters. The van der Waals surface area contributed by atoms with Gasteiger partial charge in [0.2, 0.25) is 0 Å². The molecule has 0 saturated carbocycles. The minimum absolute atomic E-state index is 0. The second kappa shape index (κ2) is 31.6.